The molecule has 2 aromatic rings. The molecule has 2 aromatic carbocycles. The average molecular weight is 546 g/mol. The van der Waals surface area contributed by atoms with Crippen LogP contribution in [0.1, 0.15) is 113 Å². The van der Waals surface area contributed by atoms with Crippen LogP contribution in [0.5, 0.6) is 0 Å². The van der Waals surface area contributed by atoms with Crippen LogP contribution in [0, 0.1) is 5.92 Å². The van der Waals surface area contributed by atoms with Crippen LogP contribution in [-0.2, 0) is 11.2 Å². The highest BCUT2D eigenvalue weighted by molar-refractivity contribution is 6.02. The minimum atomic E-state index is 0.0528. The van der Waals surface area contributed by atoms with E-state index in [1.54, 1.807) is 0 Å². The van der Waals surface area contributed by atoms with Crippen LogP contribution in [0.3, 0.4) is 0 Å². The zero-order valence-electron chi connectivity index (χ0n) is 24.8. The number of anilines is 2. The van der Waals surface area contributed by atoms with E-state index < -0.39 is 0 Å². The maximum absolute atomic E-state index is 13.6. The highest BCUT2D eigenvalue weighted by Crippen LogP contribution is 2.31. The molecule has 2 saturated heterocycles. The van der Waals surface area contributed by atoms with Gasteiger partial charge in [0.25, 0.3) is 5.91 Å². The van der Waals surface area contributed by atoms with Gasteiger partial charge >= 0.3 is 0 Å². The van der Waals surface area contributed by atoms with E-state index in [4.69, 9.17) is 0 Å². The van der Waals surface area contributed by atoms with Gasteiger partial charge in [0.1, 0.15) is 0 Å². The third-order valence-electron chi connectivity index (χ3n) is 8.73. The molecule has 1 N–H and O–H groups in total. The molecule has 2 fully saturated rings. The molecule has 40 heavy (non-hydrogen) atoms. The molecule has 2 heterocycles. The number of rotatable bonds is 15. The van der Waals surface area contributed by atoms with E-state index in [1.807, 2.05) is 17.0 Å². The molecule has 0 unspecified atom stereocenters. The molecular formula is C35H51N3O2. The first-order valence-corrected chi connectivity index (χ1v) is 16.2. The number of nitrogens with one attached hydrogen (secondary N) is 1. The molecule has 5 nitrogen and oxygen atoms in total. The van der Waals surface area contributed by atoms with Gasteiger partial charge in [-0.3, -0.25) is 9.59 Å². The lowest BCUT2D eigenvalue weighted by Crippen LogP contribution is -2.36. The van der Waals surface area contributed by atoms with Gasteiger partial charge in [0, 0.05) is 44.0 Å². The van der Waals surface area contributed by atoms with Crippen LogP contribution in [0.15, 0.2) is 48.5 Å². The molecular weight excluding hydrogens is 494 g/mol. The lowest BCUT2D eigenvalue weighted by Gasteiger charge is -2.35. The van der Waals surface area contributed by atoms with Crippen molar-refractivity contribution in [1.29, 1.82) is 0 Å². The number of likely N-dealkylation sites (tertiary alicyclic amines) is 1. The highest BCUT2D eigenvalue weighted by atomic mass is 16.2. The first-order valence-electron chi connectivity index (χ1n) is 16.2. The van der Waals surface area contributed by atoms with Gasteiger partial charge in [-0.05, 0) is 68.2 Å². The zero-order valence-corrected chi connectivity index (χ0v) is 24.8. The van der Waals surface area contributed by atoms with Crippen LogP contribution in [0.4, 0.5) is 11.4 Å². The SMILES string of the molecule is CCCCCCCCCCCC(=O)Nc1ccc(N2CCC(Cc3ccccc3)CC2)c(C(=O)N2CCCC2)c1. The van der Waals surface area contributed by atoms with Gasteiger partial charge in [-0.1, -0.05) is 88.6 Å². The van der Waals surface area contributed by atoms with Gasteiger partial charge in [-0.15, -0.1) is 0 Å². The van der Waals surface area contributed by atoms with Gasteiger partial charge in [0.15, 0.2) is 0 Å². The summed E-state index contributed by atoms with van der Waals surface area (Å²) in [4.78, 5) is 30.7. The highest BCUT2D eigenvalue weighted by Gasteiger charge is 2.27. The smallest absolute Gasteiger partial charge is 0.256 e. The van der Waals surface area contributed by atoms with Crippen molar-refractivity contribution in [2.45, 2.75) is 103 Å². The van der Waals surface area contributed by atoms with Gasteiger partial charge in [-0.2, -0.15) is 0 Å². The standard InChI is InChI=1S/C35H51N3O2/c1-2-3-4-5-6-7-8-9-13-18-34(39)36-31-19-20-33(32(28-31)35(40)38-23-14-15-24-38)37-25-21-30(22-26-37)27-29-16-11-10-12-17-29/h10-12,16-17,19-20,28,30H,2-9,13-15,18,21-27H2,1H3,(H,36,39). The summed E-state index contributed by atoms with van der Waals surface area (Å²) in [6, 6.07) is 16.8. The minimum absolute atomic E-state index is 0.0528. The molecule has 5 heteroatoms. The maximum atomic E-state index is 13.6. The summed E-state index contributed by atoms with van der Waals surface area (Å²) in [5, 5.41) is 3.09. The summed E-state index contributed by atoms with van der Waals surface area (Å²) in [5.74, 6) is 0.835. The number of carbonyl (C=O) groups is 2. The molecule has 0 spiro atoms. The Kier molecular flexibility index (Phi) is 12.4. The molecule has 0 bridgehead atoms. The summed E-state index contributed by atoms with van der Waals surface area (Å²) in [7, 11) is 0. The Bertz CT molecular complexity index is 1040. The van der Waals surface area contributed by atoms with Crippen molar-refractivity contribution in [2.75, 3.05) is 36.4 Å². The fourth-order valence-electron chi connectivity index (χ4n) is 6.30. The molecule has 218 valence electrons. The average Bonchev–Trinajstić information content (AvgIpc) is 3.52. The molecule has 0 radical (unpaired) electrons. The van der Waals surface area contributed by atoms with E-state index in [-0.39, 0.29) is 11.8 Å². The number of unbranched alkanes of at least 4 members (excludes halogenated alkanes) is 8. The van der Waals surface area contributed by atoms with Gasteiger partial charge < -0.3 is 15.1 Å². The third kappa shape index (κ3) is 9.38. The molecule has 0 aliphatic carbocycles. The lowest BCUT2D eigenvalue weighted by atomic mass is 9.89. The second-order valence-electron chi connectivity index (χ2n) is 12.0. The molecule has 2 amide bonds. The fourth-order valence-corrected chi connectivity index (χ4v) is 6.30. The Morgan fingerprint density at radius 1 is 0.800 bits per heavy atom. The Morgan fingerprint density at radius 3 is 2.12 bits per heavy atom. The number of hydrogen-bond donors (Lipinski definition) is 1. The quantitative estimate of drug-likeness (QED) is 0.229. The Morgan fingerprint density at radius 2 is 1.45 bits per heavy atom. The lowest BCUT2D eigenvalue weighted by molar-refractivity contribution is -0.116. The van der Waals surface area contributed by atoms with Crippen molar-refractivity contribution >= 4 is 23.2 Å². The van der Waals surface area contributed by atoms with Crippen LogP contribution >= 0.6 is 0 Å². The number of benzene rings is 2. The number of amides is 2. The Balaban J connectivity index is 1.30. The zero-order chi connectivity index (χ0) is 28.0. The predicted molar refractivity (Wildman–Crippen MR) is 167 cm³/mol. The number of piperidine rings is 1. The van der Waals surface area contributed by atoms with Crippen molar-refractivity contribution < 1.29 is 9.59 Å². The number of carbonyl (C=O) groups excluding carboxylic acids is 2. The summed E-state index contributed by atoms with van der Waals surface area (Å²) in [6.45, 7) is 5.83. The van der Waals surface area contributed by atoms with E-state index in [1.165, 1.54) is 50.5 Å². The molecule has 2 aliphatic rings. The Hall–Kier alpha value is -2.82. The second-order valence-corrected chi connectivity index (χ2v) is 12.0. The van der Waals surface area contributed by atoms with Crippen LogP contribution < -0.4 is 10.2 Å². The summed E-state index contributed by atoms with van der Waals surface area (Å²) < 4.78 is 0. The van der Waals surface area contributed by atoms with Gasteiger partial charge in [-0.25, -0.2) is 0 Å². The number of hydrogen-bond acceptors (Lipinski definition) is 3. The van der Waals surface area contributed by atoms with Crippen molar-refractivity contribution in [1.82, 2.24) is 4.90 Å². The van der Waals surface area contributed by atoms with E-state index in [9.17, 15) is 9.59 Å². The van der Waals surface area contributed by atoms with E-state index in [2.05, 4.69) is 53.5 Å². The monoisotopic (exact) mass is 545 g/mol. The van der Waals surface area contributed by atoms with Crippen LogP contribution in [0.25, 0.3) is 0 Å². The first kappa shape index (κ1) is 30.1. The molecule has 0 atom stereocenters. The van der Waals surface area contributed by atoms with Crippen molar-refractivity contribution in [3.8, 4) is 0 Å². The van der Waals surface area contributed by atoms with Crippen molar-refractivity contribution in [2.24, 2.45) is 5.92 Å². The van der Waals surface area contributed by atoms with Crippen molar-refractivity contribution in [3.05, 3.63) is 59.7 Å². The van der Waals surface area contributed by atoms with E-state index in [0.29, 0.717) is 12.3 Å². The third-order valence-corrected chi connectivity index (χ3v) is 8.73. The molecule has 0 saturated carbocycles. The Labute approximate surface area is 242 Å². The largest absolute Gasteiger partial charge is 0.371 e. The molecule has 0 aromatic heterocycles. The first-order chi connectivity index (χ1) is 19.6. The normalized spacial score (nSPS) is 15.9. The van der Waals surface area contributed by atoms with Crippen LogP contribution in [0.2, 0.25) is 0 Å². The summed E-state index contributed by atoms with van der Waals surface area (Å²) >= 11 is 0. The summed E-state index contributed by atoms with van der Waals surface area (Å²) in [6.07, 6.45) is 17.2. The van der Waals surface area contributed by atoms with E-state index >= 15 is 0 Å². The predicted octanol–water partition coefficient (Wildman–Crippen LogP) is 8.24. The fraction of sp³-hybridized carbons (Fsp3) is 0.600. The second kappa shape index (κ2) is 16.4. The van der Waals surface area contributed by atoms with Gasteiger partial charge in [0.2, 0.25) is 5.91 Å². The number of nitrogens with zero attached hydrogens (tertiary/aromatic N) is 2. The molecule has 4 rings (SSSR count). The summed E-state index contributed by atoms with van der Waals surface area (Å²) in [5.41, 5.74) is 3.91. The topological polar surface area (TPSA) is 52.7 Å². The molecule has 2 aliphatic heterocycles. The van der Waals surface area contributed by atoms with Crippen molar-refractivity contribution in [3.63, 3.8) is 0 Å². The van der Waals surface area contributed by atoms with E-state index in [0.717, 1.165) is 88.1 Å². The maximum Gasteiger partial charge on any atom is 0.256 e. The van der Waals surface area contributed by atoms with Gasteiger partial charge in [0.05, 0.1) is 5.56 Å². The minimum Gasteiger partial charge on any atom is -0.371 e. The van der Waals surface area contributed by atoms with Crippen LogP contribution in [-0.4, -0.2) is 42.9 Å².